The predicted molar refractivity (Wildman–Crippen MR) is 90.4 cm³/mol. The van der Waals surface area contributed by atoms with Crippen molar-refractivity contribution in [1.29, 1.82) is 0 Å². The monoisotopic (exact) mass is 360 g/mol. The van der Waals surface area contributed by atoms with Crippen molar-refractivity contribution in [2.45, 2.75) is 12.5 Å². The number of hydrogen-bond acceptors (Lipinski definition) is 4. The topological polar surface area (TPSA) is 59.5 Å². The van der Waals surface area contributed by atoms with E-state index in [0.717, 1.165) is 16.5 Å². The lowest BCUT2D eigenvalue weighted by Crippen LogP contribution is -2.39. The number of halogens is 2. The van der Waals surface area contributed by atoms with Gasteiger partial charge in [0, 0.05) is 11.6 Å². The molecule has 1 aliphatic heterocycles. The quantitative estimate of drug-likeness (QED) is 0.618. The molecule has 0 spiro atoms. The van der Waals surface area contributed by atoms with Crippen LogP contribution in [0.5, 0.6) is 0 Å². The number of imide groups is 1. The van der Waals surface area contributed by atoms with Gasteiger partial charge < -0.3 is 4.74 Å². The fraction of sp³-hybridized carbons (Fsp3) is 0.167. The number of carbonyl (C=O) groups is 2. The van der Waals surface area contributed by atoms with Crippen LogP contribution in [0.1, 0.15) is 11.1 Å². The maximum atomic E-state index is 13.7. The van der Waals surface area contributed by atoms with Gasteiger partial charge in [-0.1, -0.05) is 41.9 Å². The highest BCUT2D eigenvalue weighted by Gasteiger charge is 2.36. The van der Waals surface area contributed by atoms with Gasteiger partial charge in [-0.05, 0) is 30.2 Å². The molecule has 0 saturated carbocycles. The summed E-state index contributed by atoms with van der Waals surface area (Å²) in [5.74, 6) is -1.36. The molecule has 3 rings (SSSR count). The smallest absolute Gasteiger partial charge is 0.417 e. The molecule has 1 saturated heterocycles. The van der Waals surface area contributed by atoms with Gasteiger partial charge in [0.2, 0.25) is 5.95 Å². The molecule has 1 aliphatic rings. The Kier molecular flexibility index (Phi) is 5.09. The summed E-state index contributed by atoms with van der Waals surface area (Å²) in [6.45, 7) is 0.129. The Morgan fingerprint density at radius 1 is 1.32 bits per heavy atom. The van der Waals surface area contributed by atoms with Crippen molar-refractivity contribution in [3.05, 3.63) is 70.8 Å². The number of cyclic esters (lactones) is 1. The average Bonchev–Trinajstić information content (AvgIpc) is 2.95. The van der Waals surface area contributed by atoms with Crippen molar-refractivity contribution in [1.82, 2.24) is 9.88 Å². The number of nitrogens with zero attached hydrogens (tertiary/aromatic N) is 2. The lowest BCUT2D eigenvalue weighted by Gasteiger charge is -2.18. The molecule has 0 bridgehead atoms. The molecule has 1 atom stereocenters. The number of carbonyl (C=O) groups excluding carboxylic acids is 2. The van der Waals surface area contributed by atoms with Gasteiger partial charge in [0.25, 0.3) is 5.91 Å². The molecule has 1 fully saturated rings. The summed E-state index contributed by atoms with van der Waals surface area (Å²) >= 11 is 5.59. The summed E-state index contributed by atoms with van der Waals surface area (Å²) in [6, 6.07) is 11.9. The molecule has 2 amide bonds. The molecule has 2 heterocycles. The highest BCUT2D eigenvalue weighted by molar-refractivity contribution is 6.29. The summed E-state index contributed by atoms with van der Waals surface area (Å²) in [5, 5.41) is 0.0204. The average molecular weight is 361 g/mol. The molecular formula is C18H14ClFN2O3. The minimum absolute atomic E-state index is 0.0204. The lowest BCUT2D eigenvalue weighted by molar-refractivity contribution is -0.124. The summed E-state index contributed by atoms with van der Waals surface area (Å²) in [4.78, 5) is 28.8. The van der Waals surface area contributed by atoms with E-state index >= 15 is 0 Å². The highest BCUT2D eigenvalue weighted by Crippen LogP contribution is 2.19. The minimum Gasteiger partial charge on any atom is -0.447 e. The number of ether oxygens (including phenoxy) is 1. The zero-order chi connectivity index (χ0) is 17.8. The van der Waals surface area contributed by atoms with Crippen LogP contribution in [0.25, 0.3) is 6.08 Å². The molecular weight excluding hydrogens is 347 g/mol. The number of pyridine rings is 1. The molecule has 7 heteroatoms. The van der Waals surface area contributed by atoms with Crippen LogP contribution in [-0.2, 0) is 16.0 Å². The highest BCUT2D eigenvalue weighted by atomic mass is 35.5. The van der Waals surface area contributed by atoms with E-state index in [9.17, 15) is 14.0 Å². The molecule has 5 nitrogen and oxygen atoms in total. The number of aromatic nitrogens is 1. The van der Waals surface area contributed by atoms with Crippen LogP contribution in [-0.4, -0.2) is 34.5 Å². The van der Waals surface area contributed by atoms with Crippen LogP contribution in [0.3, 0.4) is 0 Å². The van der Waals surface area contributed by atoms with E-state index in [1.54, 1.807) is 0 Å². The van der Waals surface area contributed by atoms with Crippen LogP contribution in [0.15, 0.2) is 48.5 Å². The van der Waals surface area contributed by atoms with Gasteiger partial charge in [0.1, 0.15) is 11.8 Å². The van der Waals surface area contributed by atoms with Crippen LogP contribution in [0, 0.1) is 5.95 Å². The largest absolute Gasteiger partial charge is 0.447 e. The van der Waals surface area contributed by atoms with Crippen molar-refractivity contribution in [2.24, 2.45) is 0 Å². The van der Waals surface area contributed by atoms with E-state index in [-0.39, 0.29) is 17.3 Å². The van der Waals surface area contributed by atoms with Gasteiger partial charge in [0.15, 0.2) is 0 Å². The van der Waals surface area contributed by atoms with Gasteiger partial charge in [-0.3, -0.25) is 4.79 Å². The fourth-order valence-electron chi connectivity index (χ4n) is 2.56. The van der Waals surface area contributed by atoms with E-state index in [0.29, 0.717) is 6.42 Å². The maximum Gasteiger partial charge on any atom is 0.417 e. The summed E-state index contributed by atoms with van der Waals surface area (Å²) in [7, 11) is 0. The van der Waals surface area contributed by atoms with E-state index in [1.807, 2.05) is 30.3 Å². The third kappa shape index (κ3) is 4.03. The van der Waals surface area contributed by atoms with Crippen LogP contribution in [0.2, 0.25) is 5.15 Å². The number of rotatable bonds is 4. The van der Waals surface area contributed by atoms with Crippen molar-refractivity contribution in [3.63, 3.8) is 0 Å². The molecule has 0 N–H and O–H groups in total. The second-order valence-electron chi connectivity index (χ2n) is 5.48. The van der Waals surface area contributed by atoms with Crippen LogP contribution < -0.4 is 0 Å². The first-order valence-electron chi connectivity index (χ1n) is 7.58. The van der Waals surface area contributed by atoms with Crippen molar-refractivity contribution in [2.75, 3.05) is 6.61 Å². The molecule has 128 valence electrons. The van der Waals surface area contributed by atoms with Gasteiger partial charge >= 0.3 is 6.09 Å². The lowest BCUT2D eigenvalue weighted by atomic mass is 10.1. The maximum absolute atomic E-state index is 13.7. The standard InChI is InChI=1S/C18H14ClFN2O3/c19-15-8-6-13(17(20)21-15)7-9-16(23)22-14(11-25-18(22)24)10-12-4-2-1-3-5-12/h1-9,14H,10-11H2/b9-7+/t14-/m0/s1. The van der Waals surface area contributed by atoms with E-state index < -0.39 is 24.0 Å². The van der Waals surface area contributed by atoms with Gasteiger partial charge in [0.05, 0.1) is 6.04 Å². The normalized spacial score (nSPS) is 17.1. The predicted octanol–water partition coefficient (Wildman–Crippen LogP) is 3.48. The zero-order valence-electron chi connectivity index (χ0n) is 13.1. The fourth-order valence-corrected chi connectivity index (χ4v) is 2.69. The first-order chi connectivity index (χ1) is 12.0. The Labute approximate surface area is 148 Å². The van der Waals surface area contributed by atoms with Gasteiger partial charge in [-0.2, -0.15) is 4.39 Å². The third-order valence-electron chi connectivity index (χ3n) is 3.76. The second-order valence-corrected chi connectivity index (χ2v) is 5.86. The molecule has 1 aromatic heterocycles. The zero-order valence-corrected chi connectivity index (χ0v) is 13.8. The van der Waals surface area contributed by atoms with Crippen molar-refractivity contribution >= 4 is 29.7 Å². The van der Waals surface area contributed by atoms with Crippen molar-refractivity contribution < 1.29 is 18.7 Å². The van der Waals surface area contributed by atoms with E-state index in [2.05, 4.69) is 4.98 Å². The van der Waals surface area contributed by atoms with E-state index in [4.69, 9.17) is 16.3 Å². The molecule has 0 unspecified atom stereocenters. The summed E-state index contributed by atoms with van der Waals surface area (Å²) in [5.41, 5.74) is 1.09. The number of benzene rings is 1. The van der Waals surface area contributed by atoms with E-state index in [1.165, 1.54) is 18.2 Å². The van der Waals surface area contributed by atoms with Gasteiger partial charge in [-0.15, -0.1) is 0 Å². The minimum atomic E-state index is -0.790. The van der Waals surface area contributed by atoms with Crippen molar-refractivity contribution in [3.8, 4) is 0 Å². The Morgan fingerprint density at radius 3 is 2.80 bits per heavy atom. The van der Waals surface area contributed by atoms with Crippen LogP contribution >= 0.6 is 11.6 Å². The second kappa shape index (κ2) is 7.44. The molecule has 0 radical (unpaired) electrons. The number of amides is 2. The Hall–Kier alpha value is -2.73. The Bertz CT molecular complexity index is 826. The van der Waals surface area contributed by atoms with Gasteiger partial charge in [-0.25, -0.2) is 14.7 Å². The Morgan fingerprint density at radius 2 is 2.08 bits per heavy atom. The van der Waals surface area contributed by atoms with Crippen LogP contribution in [0.4, 0.5) is 9.18 Å². The number of hydrogen-bond donors (Lipinski definition) is 0. The first-order valence-corrected chi connectivity index (χ1v) is 7.96. The third-order valence-corrected chi connectivity index (χ3v) is 3.97. The molecule has 25 heavy (non-hydrogen) atoms. The molecule has 1 aromatic carbocycles. The summed E-state index contributed by atoms with van der Waals surface area (Å²) in [6.07, 6.45) is 2.17. The molecule has 0 aliphatic carbocycles. The SMILES string of the molecule is O=C(/C=C/c1ccc(Cl)nc1F)N1C(=O)OC[C@@H]1Cc1ccccc1. The first kappa shape index (κ1) is 17.1. The molecule has 2 aromatic rings. The summed E-state index contributed by atoms with van der Waals surface area (Å²) < 4.78 is 18.6. The Balaban J connectivity index is 1.74.